The van der Waals surface area contributed by atoms with E-state index in [1.54, 1.807) is 0 Å². The van der Waals surface area contributed by atoms with Gasteiger partial charge in [-0.1, -0.05) is 13.3 Å². The maximum absolute atomic E-state index is 10.4. The molecule has 4 nitrogen and oxygen atoms in total. The molecule has 5 heteroatoms. The average molecular weight is 170 g/mol. The molecule has 0 bridgehead atoms. The van der Waals surface area contributed by atoms with Gasteiger partial charge in [-0.05, 0) is 6.42 Å². The molecule has 0 aromatic heterocycles. The Morgan fingerprint density at radius 3 is 2.50 bits per heavy atom. The largest absolute Gasteiger partial charge is 0.412 e. The highest BCUT2D eigenvalue weighted by Gasteiger charge is 1.92. The first-order valence-corrected chi connectivity index (χ1v) is 4.24. The van der Waals surface area contributed by atoms with Gasteiger partial charge in [0.15, 0.2) is 0 Å². The first-order chi connectivity index (χ1) is 4.31. The standard InChI is InChI=1S/C5H13O3P.H2O/c1-3-4-5-8-9(6)7-2;/h9H,3-5H2,1-2H3;1H2. The van der Waals surface area contributed by atoms with Crippen molar-refractivity contribution in [1.29, 1.82) is 0 Å². The Labute approximate surface area is 61.8 Å². The van der Waals surface area contributed by atoms with E-state index in [1.165, 1.54) is 7.11 Å². The summed E-state index contributed by atoms with van der Waals surface area (Å²) in [6, 6.07) is 0. The van der Waals surface area contributed by atoms with Gasteiger partial charge in [0.05, 0.1) is 6.61 Å². The smallest absolute Gasteiger partial charge is 0.318 e. The van der Waals surface area contributed by atoms with Crippen LogP contribution in [0.4, 0.5) is 0 Å². The van der Waals surface area contributed by atoms with E-state index < -0.39 is 8.25 Å². The fourth-order valence-corrected chi connectivity index (χ4v) is 0.788. The van der Waals surface area contributed by atoms with Gasteiger partial charge in [0, 0.05) is 7.11 Å². The molecule has 0 aromatic carbocycles. The number of hydrogen-bond donors (Lipinski definition) is 0. The number of rotatable bonds is 5. The first kappa shape index (κ1) is 12.8. The average Bonchev–Trinajstić information content (AvgIpc) is 1.89. The van der Waals surface area contributed by atoms with Crippen LogP contribution in [0.3, 0.4) is 0 Å². The third-order valence-electron chi connectivity index (χ3n) is 0.884. The second-order valence-corrected chi connectivity index (χ2v) is 2.85. The summed E-state index contributed by atoms with van der Waals surface area (Å²) in [7, 11) is -0.769. The van der Waals surface area contributed by atoms with Crippen molar-refractivity contribution in [3.8, 4) is 0 Å². The minimum atomic E-state index is -2.15. The first-order valence-electron chi connectivity index (χ1n) is 3.02. The van der Waals surface area contributed by atoms with E-state index in [4.69, 9.17) is 4.52 Å². The van der Waals surface area contributed by atoms with Crippen molar-refractivity contribution in [2.45, 2.75) is 19.8 Å². The monoisotopic (exact) mass is 170 g/mol. The molecule has 2 N–H and O–H groups in total. The summed E-state index contributed by atoms with van der Waals surface area (Å²) in [4.78, 5) is 0. The molecule has 0 amide bonds. The van der Waals surface area contributed by atoms with Crippen molar-refractivity contribution >= 4 is 8.25 Å². The SMILES string of the molecule is CCCCO[PH](=O)OC.O. The lowest BCUT2D eigenvalue weighted by molar-refractivity contribution is 0.252. The van der Waals surface area contributed by atoms with E-state index in [0.717, 1.165) is 12.8 Å². The highest BCUT2D eigenvalue weighted by Crippen LogP contribution is 2.21. The predicted octanol–water partition coefficient (Wildman–Crippen LogP) is 1.01. The second kappa shape index (κ2) is 9.11. The molecule has 0 saturated heterocycles. The van der Waals surface area contributed by atoms with Gasteiger partial charge in [-0.25, -0.2) is 0 Å². The fraction of sp³-hybridized carbons (Fsp3) is 1.00. The van der Waals surface area contributed by atoms with Gasteiger partial charge >= 0.3 is 8.25 Å². The summed E-state index contributed by atoms with van der Waals surface area (Å²) in [6.45, 7) is 2.59. The van der Waals surface area contributed by atoms with Gasteiger partial charge in [0.2, 0.25) is 0 Å². The highest BCUT2D eigenvalue weighted by atomic mass is 31.1. The van der Waals surface area contributed by atoms with Crippen molar-refractivity contribution in [3.05, 3.63) is 0 Å². The van der Waals surface area contributed by atoms with Crippen LogP contribution in [0.2, 0.25) is 0 Å². The summed E-state index contributed by atoms with van der Waals surface area (Å²) < 4.78 is 19.6. The lowest BCUT2D eigenvalue weighted by Crippen LogP contribution is -1.84. The third kappa shape index (κ3) is 8.11. The van der Waals surface area contributed by atoms with Crippen LogP contribution in [0.15, 0.2) is 0 Å². The van der Waals surface area contributed by atoms with Gasteiger partial charge in [-0.2, -0.15) is 0 Å². The lowest BCUT2D eigenvalue weighted by Gasteiger charge is -1.98. The zero-order valence-electron chi connectivity index (χ0n) is 6.35. The number of unbranched alkanes of at least 4 members (excludes halogenated alkanes) is 1. The maximum atomic E-state index is 10.4. The van der Waals surface area contributed by atoms with Gasteiger partial charge in [0.1, 0.15) is 0 Å². The minimum absolute atomic E-state index is 0. The molecule has 0 saturated carbocycles. The van der Waals surface area contributed by atoms with E-state index in [9.17, 15) is 4.57 Å². The second-order valence-electron chi connectivity index (χ2n) is 1.66. The molecule has 1 atom stereocenters. The van der Waals surface area contributed by atoms with Crippen molar-refractivity contribution in [1.82, 2.24) is 0 Å². The van der Waals surface area contributed by atoms with Crippen molar-refractivity contribution in [2.75, 3.05) is 13.7 Å². The molecule has 0 aromatic rings. The zero-order valence-corrected chi connectivity index (χ0v) is 7.35. The molecule has 0 aliphatic heterocycles. The Morgan fingerprint density at radius 1 is 1.50 bits per heavy atom. The van der Waals surface area contributed by atoms with Crippen LogP contribution < -0.4 is 0 Å². The van der Waals surface area contributed by atoms with Crippen LogP contribution in [-0.2, 0) is 13.6 Å². The maximum Gasteiger partial charge on any atom is 0.318 e. The topological polar surface area (TPSA) is 67.0 Å². The molecule has 64 valence electrons. The number of hydrogen-bond acceptors (Lipinski definition) is 3. The Morgan fingerprint density at radius 2 is 2.10 bits per heavy atom. The molecular weight excluding hydrogens is 155 g/mol. The fourth-order valence-electron chi connectivity index (χ4n) is 0.359. The van der Waals surface area contributed by atoms with Crippen LogP contribution in [0.5, 0.6) is 0 Å². The highest BCUT2D eigenvalue weighted by molar-refractivity contribution is 7.33. The predicted molar refractivity (Wildman–Crippen MR) is 40.5 cm³/mol. The van der Waals surface area contributed by atoms with Crippen LogP contribution >= 0.6 is 8.25 Å². The summed E-state index contributed by atoms with van der Waals surface area (Å²) in [5.74, 6) is 0. The van der Waals surface area contributed by atoms with E-state index >= 15 is 0 Å². The molecule has 1 unspecified atom stereocenters. The van der Waals surface area contributed by atoms with Crippen LogP contribution in [-0.4, -0.2) is 19.2 Å². The molecule has 0 aliphatic carbocycles. The lowest BCUT2D eigenvalue weighted by atomic mass is 10.4. The summed E-state index contributed by atoms with van der Waals surface area (Å²) in [6.07, 6.45) is 2.00. The Hall–Kier alpha value is 0.110. The Balaban J connectivity index is 0. The van der Waals surface area contributed by atoms with Crippen molar-refractivity contribution in [3.63, 3.8) is 0 Å². The van der Waals surface area contributed by atoms with Crippen LogP contribution in [0.25, 0.3) is 0 Å². The van der Waals surface area contributed by atoms with Crippen molar-refractivity contribution < 1.29 is 19.1 Å². The molecule has 0 heterocycles. The molecule has 10 heavy (non-hydrogen) atoms. The molecular formula is C5H15O4P. The van der Waals surface area contributed by atoms with Crippen LogP contribution in [0, 0.1) is 0 Å². The normalized spacial score (nSPS) is 12.2. The van der Waals surface area contributed by atoms with E-state index in [-0.39, 0.29) is 5.48 Å². The molecule has 0 rings (SSSR count). The summed E-state index contributed by atoms with van der Waals surface area (Å²) >= 11 is 0. The van der Waals surface area contributed by atoms with E-state index in [2.05, 4.69) is 4.52 Å². The van der Waals surface area contributed by atoms with Gasteiger partial charge in [-0.3, -0.25) is 4.57 Å². The van der Waals surface area contributed by atoms with Crippen molar-refractivity contribution in [2.24, 2.45) is 0 Å². The minimum Gasteiger partial charge on any atom is -0.412 e. The van der Waals surface area contributed by atoms with Gasteiger partial charge in [-0.15, -0.1) is 0 Å². The van der Waals surface area contributed by atoms with Crippen LogP contribution in [0.1, 0.15) is 19.8 Å². The third-order valence-corrected chi connectivity index (χ3v) is 1.66. The molecule has 0 radical (unpaired) electrons. The molecule has 0 fully saturated rings. The van der Waals surface area contributed by atoms with Gasteiger partial charge < -0.3 is 14.5 Å². The quantitative estimate of drug-likeness (QED) is 0.456. The zero-order chi connectivity index (χ0) is 7.11. The van der Waals surface area contributed by atoms with Gasteiger partial charge in [0.25, 0.3) is 0 Å². The summed E-state index contributed by atoms with van der Waals surface area (Å²) in [5, 5.41) is 0. The van der Waals surface area contributed by atoms with E-state index in [1.807, 2.05) is 6.92 Å². The Bertz CT molecular complexity index is 85.7. The molecule has 0 spiro atoms. The summed E-state index contributed by atoms with van der Waals surface area (Å²) in [5.41, 5.74) is 0. The molecule has 0 aliphatic rings. The van der Waals surface area contributed by atoms with E-state index in [0.29, 0.717) is 6.61 Å². The Kier molecular flexibility index (Phi) is 11.6.